The SMILES string of the molecule is N#Cc1c(N)sc2c(F)ccc(-c3c(Cl)cc4c(N5CCCCC6(CCO6)C5)nc(OC[C@@]56CCCN5C[C@H](F)C6)nc4c3F)c12. The van der Waals surface area contributed by atoms with Crippen LogP contribution in [0, 0.1) is 23.0 Å². The van der Waals surface area contributed by atoms with Gasteiger partial charge in [0.15, 0.2) is 5.82 Å². The maximum atomic E-state index is 17.0. The number of nitriles is 1. The monoisotopic (exact) mass is 668 g/mol. The number of hydrogen-bond donors (Lipinski definition) is 1. The highest BCUT2D eigenvalue weighted by atomic mass is 35.5. The number of fused-ring (bicyclic) bond motifs is 3. The van der Waals surface area contributed by atoms with Gasteiger partial charge in [-0.3, -0.25) is 4.90 Å². The first kappa shape index (κ1) is 30.0. The second-order valence-electron chi connectivity index (χ2n) is 13.0. The second kappa shape index (κ2) is 11.1. The molecule has 8 nitrogen and oxygen atoms in total. The average Bonchev–Trinajstić information content (AvgIpc) is 3.59. The fraction of sp³-hybridized carbons (Fsp3) is 0.485. The first-order valence-corrected chi connectivity index (χ1v) is 16.9. The van der Waals surface area contributed by atoms with Gasteiger partial charge in [0.25, 0.3) is 0 Å². The number of halogens is 4. The summed E-state index contributed by atoms with van der Waals surface area (Å²) in [5.41, 5.74) is 5.62. The van der Waals surface area contributed by atoms with Crippen molar-refractivity contribution >= 4 is 54.7 Å². The summed E-state index contributed by atoms with van der Waals surface area (Å²) in [6.45, 7) is 3.34. The molecule has 46 heavy (non-hydrogen) atoms. The van der Waals surface area contributed by atoms with E-state index < -0.39 is 23.3 Å². The van der Waals surface area contributed by atoms with Gasteiger partial charge in [-0.15, -0.1) is 11.3 Å². The molecular formula is C33H32ClF3N6O2S. The van der Waals surface area contributed by atoms with E-state index in [1.807, 2.05) is 6.07 Å². The molecule has 13 heteroatoms. The number of thiophene rings is 1. The molecule has 240 valence electrons. The molecule has 0 saturated carbocycles. The van der Waals surface area contributed by atoms with Crippen LogP contribution in [0.15, 0.2) is 18.2 Å². The van der Waals surface area contributed by atoms with Crippen LogP contribution in [0.1, 0.15) is 50.5 Å². The van der Waals surface area contributed by atoms with Gasteiger partial charge in [-0.05, 0) is 56.3 Å². The number of benzene rings is 2. The van der Waals surface area contributed by atoms with Gasteiger partial charge in [-0.2, -0.15) is 15.2 Å². The molecule has 3 atom stereocenters. The summed E-state index contributed by atoms with van der Waals surface area (Å²) in [7, 11) is 0. The first-order chi connectivity index (χ1) is 22.2. The van der Waals surface area contributed by atoms with E-state index in [0.29, 0.717) is 43.9 Å². The number of nitrogen functional groups attached to an aromatic ring is 1. The van der Waals surface area contributed by atoms with Gasteiger partial charge in [0, 0.05) is 48.8 Å². The van der Waals surface area contributed by atoms with E-state index in [9.17, 15) is 14.0 Å². The molecule has 6 heterocycles. The average molecular weight is 669 g/mol. The molecule has 0 radical (unpaired) electrons. The smallest absolute Gasteiger partial charge is 0.319 e. The first-order valence-electron chi connectivity index (χ1n) is 15.7. The Morgan fingerprint density at radius 1 is 1.17 bits per heavy atom. The number of rotatable bonds is 5. The summed E-state index contributed by atoms with van der Waals surface area (Å²) < 4.78 is 58.9. The lowest BCUT2D eigenvalue weighted by Gasteiger charge is -2.44. The Hall–Kier alpha value is -3.37. The molecule has 1 unspecified atom stereocenters. The predicted octanol–water partition coefficient (Wildman–Crippen LogP) is 7.00. The summed E-state index contributed by atoms with van der Waals surface area (Å²) in [6, 6.07) is 6.29. The number of anilines is 2. The third-order valence-electron chi connectivity index (χ3n) is 10.3. The minimum Gasteiger partial charge on any atom is -0.461 e. The molecule has 4 aliphatic heterocycles. The van der Waals surface area contributed by atoms with Gasteiger partial charge < -0.3 is 20.1 Å². The van der Waals surface area contributed by atoms with Crippen molar-refractivity contribution in [1.82, 2.24) is 14.9 Å². The van der Waals surface area contributed by atoms with Crippen molar-refractivity contribution in [3.63, 3.8) is 0 Å². The Bertz CT molecular complexity index is 1930. The largest absolute Gasteiger partial charge is 0.461 e. The third kappa shape index (κ3) is 4.69. The van der Waals surface area contributed by atoms with Crippen molar-refractivity contribution in [1.29, 1.82) is 5.26 Å². The van der Waals surface area contributed by atoms with Gasteiger partial charge in [0.1, 0.15) is 41.0 Å². The Morgan fingerprint density at radius 3 is 2.80 bits per heavy atom. The molecule has 4 aromatic rings. The Kier molecular flexibility index (Phi) is 7.25. The molecule has 2 aromatic heterocycles. The van der Waals surface area contributed by atoms with E-state index >= 15 is 4.39 Å². The summed E-state index contributed by atoms with van der Waals surface area (Å²) in [5.74, 6) is -0.820. The molecule has 4 saturated heterocycles. The zero-order valence-corrected chi connectivity index (χ0v) is 26.6. The van der Waals surface area contributed by atoms with E-state index in [2.05, 4.69) is 14.8 Å². The normalized spacial score (nSPS) is 26.4. The van der Waals surface area contributed by atoms with Crippen molar-refractivity contribution in [3.8, 4) is 23.2 Å². The lowest BCUT2D eigenvalue weighted by atomic mass is 9.89. The Morgan fingerprint density at radius 2 is 2.02 bits per heavy atom. The van der Waals surface area contributed by atoms with Gasteiger partial charge in [-0.1, -0.05) is 17.7 Å². The Labute approximate surface area is 272 Å². The summed E-state index contributed by atoms with van der Waals surface area (Å²) in [6.07, 6.45) is 4.98. The van der Waals surface area contributed by atoms with E-state index in [1.165, 1.54) is 12.1 Å². The number of alkyl halides is 1. The summed E-state index contributed by atoms with van der Waals surface area (Å²) >= 11 is 7.80. The van der Waals surface area contributed by atoms with Crippen LogP contribution < -0.4 is 15.4 Å². The molecule has 4 aliphatic rings. The topological polar surface area (TPSA) is 101 Å². The highest BCUT2D eigenvalue weighted by Gasteiger charge is 2.49. The molecule has 0 amide bonds. The lowest BCUT2D eigenvalue weighted by molar-refractivity contribution is -0.143. The van der Waals surface area contributed by atoms with Crippen molar-refractivity contribution in [2.45, 2.75) is 62.3 Å². The van der Waals surface area contributed by atoms with Crippen molar-refractivity contribution in [2.75, 3.05) is 50.0 Å². The standard InChI is InChI=1S/C33H32ClF3N6O2S/c34-22-12-20-27(26(37)25(22)19-4-5-23(36)28-24(19)21(14-38)29(39)46-28)40-31(44-17-32-6-3-10-43(32)15-18(35)13-32)41-30(20)42-9-2-1-7-33(16-42)8-11-45-33/h4-5,12,18H,1-3,6-11,13,15-17,39H2/t18-,32+,33?/m1/s1. The zero-order chi connectivity index (χ0) is 31.8. The zero-order valence-electron chi connectivity index (χ0n) is 25.1. The minimum atomic E-state index is -0.924. The fourth-order valence-electron chi connectivity index (χ4n) is 8.02. The van der Waals surface area contributed by atoms with Crippen LogP contribution in [0.2, 0.25) is 5.02 Å². The Balaban J connectivity index is 1.29. The number of aromatic nitrogens is 2. The molecule has 4 fully saturated rings. The molecule has 0 bridgehead atoms. The quantitative estimate of drug-likeness (QED) is 0.243. The maximum absolute atomic E-state index is 17.0. The molecule has 8 rings (SSSR count). The molecule has 2 N–H and O–H groups in total. The fourth-order valence-corrected chi connectivity index (χ4v) is 9.26. The predicted molar refractivity (Wildman–Crippen MR) is 172 cm³/mol. The number of ether oxygens (including phenoxy) is 2. The minimum absolute atomic E-state index is 0.00669. The highest BCUT2D eigenvalue weighted by Crippen LogP contribution is 2.47. The van der Waals surface area contributed by atoms with Crippen LogP contribution in [-0.2, 0) is 4.74 Å². The number of hydrogen-bond acceptors (Lipinski definition) is 9. The summed E-state index contributed by atoms with van der Waals surface area (Å²) in [4.78, 5) is 13.7. The molecule has 2 aromatic carbocycles. The van der Waals surface area contributed by atoms with E-state index in [0.717, 1.165) is 56.4 Å². The van der Waals surface area contributed by atoms with Gasteiger partial charge in [-0.25, -0.2) is 13.2 Å². The van der Waals surface area contributed by atoms with E-state index in [4.69, 9.17) is 31.8 Å². The van der Waals surface area contributed by atoms with Gasteiger partial charge in [0.2, 0.25) is 0 Å². The van der Waals surface area contributed by atoms with Crippen molar-refractivity contribution in [3.05, 3.63) is 40.4 Å². The van der Waals surface area contributed by atoms with Gasteiger partial charge in [0.05, 0.1) is 33.0 Å². The van der Waals surface area contributed by atoms with Crippen LogP contribution in [0.3, 0.4) is 0 Å². The van der Waals surface area contributed by atoms with Gasteiger partial charge >= 0.3 is 6.01 Å². The van der Waals surface area contributed by atoms with Crippen LogP contribution in [0.25, 0.3) is 32.1 Å². The summed E-state index contributed by atoms with van der Waals surface area (Å²) in [5, 5.41) is 10.7. The molecule has 1 spiro atoms. The number of nitrogens with two attached hydrogens (primary N) is 1. The van der Waals surface area contributed by atoms with Crippen molar-refractivity contribution < 1.29 is 22.6 Å². The van der Waals surface area contributed by atoms with E-state index in [-0.39, 0.29) is 60.5 Å². The van der Waals surface area contributed by atoms with Crippen LogP contribution >= 0.6 is 22.9 Å². The third-order valence-corrected chi connectivity index (χ3v) is 11.7. The second-order valence-corrected chi connectivity index (χ2v) is 14.5. The van der Waals surface area contributed by atoms with E-state index in [1.54, 1.807) is 6.07 Å². The van der Waals surface area contributed by atoms with Crippen LogP contribution in [-0.4, -0.2) is 71.6 Å². The highest BCUT2D eigenvalue weighted by molar-refractivity contribution is 7.23. The number of nitrogens with zero attached hydrogens (tertiary/aromatic N) is 5. The molecule has 0 aliphatic carbocycles. The molecular weight excluding hydrogens is 637 g/mol. The lowest BCUT2D eigenvalue weighted by Crippen LogP contribution is -2.51. The maximum Gasteiger partial charge on any atom is 0.319 e. The van der Waals surface area contributed by atoms with Crippen LogP contribution in [0.5, 0.6) is 6.01 Å². The van der Waals surface area contributed by atoms with Crippen LogP contribution in [0.4, 0.5) is 24.0 Å². The van der Waals surface area contributed by atoms with Crippen molar-refractivity contribution in [2.24, 2.45) is 0 Å².